The fraction of sp³-hybridized carbons (Fsp3) is 0.647. The molecule has 0 saturated carbocycles. The quantitative estimate of drug-likeness (QED) is 0.844. The molecule has 3 amide bonds. The SMILES string of the molecule is CCn1ncc(C(=O)N2C[C@@H]3C[C@H](NC(C)=O)CN3C(=O)[C@@H]2C)c1C. The summed E-state index contributed by atoms with van der Waals surface area (Å²) in [5.41, 5.74) is 1.36. The van der Waals surface area contributed by atoms with Crippen molar-refractivity contribution in [1.29, 1.82) is 0 Å². The van der Waals surface area contributed by atoms with Crippen molar-refractivity contribution in [3.63, 3.8) is 0 Å². The third-order valence-electron chi connectivity index (χ3n) is 5.23. The molecule has 25 heavy (non-hydrogen) atoms. The molecule has 0 spiro atoms. The fourth-order valence-corrected chi connectivity index (χ4v) is 3.90. The highest BCUT2D eigenvalue weighted by Gasteiger charge is 2.45. The van der Waals surface area contributed by atoms with Gasteiger partial charge in [-0.15, -0.1) is 0 Å². The number of amides is 3. The minimum absolute atomic E-state index is 0.0433. The monoisotopic (exact) mass is 347 g/mol. The Morgan fingerprint density at radius 3 is 2.68 bits per heavy atom. The molecule has 2 aliphatic heterocycles. The summed E-state index contributed by atoms with van der Waals surface area (Å²) < 4.78 is 1.78. The first-order valence-electron chi connectivity index (χ1n) is 8.74. The first kappa shape index (κ1) is 17.4. The fourth-order valence-electron chi connectivity index (χ4n) is 3.90. The van der Waals surface area contributed by atoms with Gasteiger partial charge < -0.3 is 15.1 Å². The third kappa shape index (κ3) is 3.01. The second kappa shape index (κ2) is 6.50. The van der Waals surface area contributed by atoms with Gasteiger partial charge in [-0.25, -0.2) is 0 Å². The molecular formula is C17H25N5O3. The van der Waals surface area contributed by atoms with Crippen molar-refractivity contribution < 1.29 is 14.4 Å². The molecule has 1 aromatic rings. The van der Waals surface area contributed by atoms with E-state index < -0.39 is 6.04 Å². The largest absolute Gasteiger partial charge is 0.352 e. The van der Waals surface area contributed by atoms with Crippen molar-refractivity contribution in [2.45, 2.75) is 58.8 Å². The van der Waals surface area contributed by atoms with E-state index in [0.717, 1.165) is 5.69 Å². The second-order valence-corrected chi connectivity index (χ2v) is 6.87. The van der Waals surface area contributed by atoms with Gasteiger partial charge in [0.2, 0.25) is 11.8 Å². The molecule has 1 N–H and O–H groups in total. The van der Waals surface area contributed by atoms with E-state index in [4.69, 9.17) is 0 Å². The summed E-state index contributed by atoms with van der Waals surface area (Å²) in [5.74, 6) is -0.306. The molecule has 0 aromatic carbocycles. The summed E-state index contributed by atoms with van der Waals surface area (Å²) in [4.78, 5) is 40.4. The Morgan fingerprint density at radius 2 is 2.08 bits per heavy atom. The standard InChI is InChI=1S/C17H25N5O3/c1-5-22-10(2)15(7-18-22)17(25)20-9-14-6-13(19-12(4)23)8-21(14)16(24)11(20)3/h7,11,13-14H,5-6,8-9H2,1-4H3,(H,19,23)/t11-,13-,14-/m0/s1. The van der Waals surface area contributed by atoms with Crippen LogP contribution in [0.5, 0.6) is 0 Å². The molecule has 8 nitrogen and oxygen atoms in total. The lowest BCUT2D eigenvalue weighted by atomic mass is 10.0. The Bertz CT molecular complexity index is 713. The summed E-state index contributed by atoms with van der Waals surface area (Å²) in [6.45, 7) is 8.78. The molecule has 8 heteroatoms. The number of fused-ring (bicyclic) bond motifs is 1. The molecule has 1 aromatic heterocycles. The zero-order valence-electron chi connectivity index (χ0n) is 15.2. The summed E-state index contributed by atoms with van der Waals surface area (Å²) in [6.07, 6.45) is 2.26. The maximum atomic E-state index is 13.0. The summed E-state index contributed by atoms with van der Waals surface area (Å²) in [6, 6.07) is -0.603. The van der Waals surface area contributed by atoms with Crippen molar-refractivity contribution in [3.05, 3.63) is 17.5 Å². The molecule has 0 aliphatic carbocycles. The Kier molecular flexibility index (Phi) is 4.53. The molecule has 2 aliphatic rings. The van der Waals surface area contributed by atoms with Gasteiger partial charge in [0.05, 0.1) is 17.8 Å². The molecule has 3 heterocycles. The molecule has 0 bridgehead atoms. The van der Waals surface area contributed by atoms with E-state index in [0.29, 0.717) is 31.6 Å². The van der Waals surface area contributed by atoms with Crippen LogP contribution in [-0.2, 0) is 16.1 Å². The van der Waals surface area contributed by atoms with Crippen LogP contribution in [-0.4, -0.2) is 68.5 Å². The van der Waals surface area contributed by atoms with Gasteiger partial charge in [0, 0.05) is 38.3 Å². The highest BCUT2D eigenvalue weighted by atomic mass is 16.2. The average molecular weight is 347 g/mol. The van der Waals surface area contributed by atoms with Crippen LogP contribution in [0.4, 0.5) is 0 Å². The smallest absolute Gasteiger partial charge is 0.258 e. The molecule has 0 radical (unpaired) electrons. The maximum absolute atomic E-state index is 13.0. The van der Waals surface area contributed by atoms with Crippen molar-refractivity contribution in [3.8, 4) is 0 Å². The van der Waals surface area contributed by atoms with E-state index >= 15 is 0 Å². The number of rotatable bonds is 3. The molecular weight excluding hydrogens is 322 g/mol. The van der Waals surface area contributed by atoms with Crippen molar-refractivity contribution in [2.75, 3.05) is 13.1 Å². The highest BCUT2D eigenvalue weighted by molar-refractivity contribution is 5.99. The molecule has 0 unspecified atom stereocenters. The zero-order chi connectivity index (χ0) is 18.3. The van der Waals surface area contributed by atoms with Crippen LogP contribution >= 0.6 is 0 Å². The van der Waals surface area contributed by atoms with Crippen LogP contribution < -0.4 is 5.32 Å². The number of hydrogen-bond donors (Lipinski definition) is 1. The Hall–Kier alpha value is -2.38. The lowest BCUT2D eigenvalue weighted by Gasteiger charge is -2.41. The van der Waals surface area contributed by atoms with Crippen molar-refractivity contribution >= 4 is 17.7 Å². The lowest BCUT2D eigenvalue weighted by Crippen LogP contribution is -2.60. The van der Waals surface area contributed by atoms with Gasteiger partial charge in [0.15, 0.2) is 0 Å². The minimum atomic E-state index is -0.510. The van der Waals surface area contributed by atoms with Crippen LogP contribution in [0.15, 0.2) is 6.20 Å². The molecule has 2 fully saturated rings. The number of carbonyl (C=O) groups excluding carboxylic acids is 3. The number of nitrogens with one attached hydrogen (secondary N) is 1. The van der Waals surface area contributed by atoms with Gasteiger partial charge in [-0.2, -0.15) is 5.10 Å². The first-order chi connectivity index (χ1) is 11.8. The highest BCUT2D eigenvalue weighted by Crippen LogP contribution is 2.27. The number of hydrogen-bond acceptors (Lipinski definition) is 4. The number of aromatic nitrogens is 2. The van der Waals surface area contributed by atoms with E-state index in [1.54, 1.807) is 27.6 Å². The van der Waals surface area contributed by atoms with E-state index in [-0.39, 0.29) is 29.8 Å². The minimum Gasteiger partial charge on any atom is -0.352 e. The van der Waals surface area contributed by atoms with Gasteiger partial charge in [-0.3, -0.25) is 19.1 Å². The topological polar surface area (TPSA) is 87.5 Å². The third-order valence-corrected chi connectivity index (χ3v) is 5.23. The maximum Gasteiger partial charge on any atom is 0.258 e. The van der Waals surface area contributed by atoms with E-state index in [9.17, 15) is 14.4 Å². The Morgan fingerprint density at radius 1 is 1.36 bits per heavy atom. The Balaban J connectivity index is 1.79. The van der Waals surface area contributed by atoms with Crippen LogP contribution in [0.25, 0.3) is 0 Å². The van der Waals surface area contributed by atoms with E-state index in [1.165, 1.54) is 6.92 Å². The lowest BCUT2D eigenvalue weighted by molar-refractivity contribution is -0.141. The van der Waals surface area contributed by atoms with E-state index in [2.05, 4.69) is 10.4 Å². The van der Waals surface area contributed by atoms with Crippen LogP contribution in [0, 0.1) is 6.92 Å². The van der Waals surface area contributed by atoms with Crippen molar-refractivity contribution in [2.24, 2.45) is 0 Å². The average Bonchev–Trinajstić information content (AvgIpc) is 3.12. The summed E-state index contributed by atoms with van der Waals surface area (Å²) in [5, 5.41) is 7.11. The second-order valence-electron chi connectivity index (χ2n) is 6.87. The van der Waals surface area contributed by atoms with Gasteiger partial charge in [0.1, 0.15) is 6.04 Å². The summed E-state index contributed by atoms with van der Waals surface area (Å²) >= 11 is 0. The van der Waals surface area contributed by atoms with Crippen LogP contribution in [0.1, 0.15) is 43.2 Å². The van der Waals surface area contributed by atoms with Crippen LogP contribution in [0.3, 0.4) is 0 Å². The van der Waals surface area contributed by atoms with Crippen molar-refractivity contribution in [1.82, 2.24) is 24.9 Å². The number of piperazine rings is 1. The van der Waals surface area contributed by atoms with Gasteiger partial charge >= 0.3 is 0 Å². The normalized spacial score (nSPS) is 25.9. The van der Waals surface area contributed by atoms with E-state index in [1.807, 2.05) is 13.8 Å². The molecule has 136 valence electrons. The molecule has 2 saturated heterocycles. The number of carbonyl (C=O) groups is 3. The first-order valence-corrected chi connectivity index (χ1v) is 8.74. The number of aryl methyl sites for hydroxylation is 1. The predicted molar refractivity (Wildman–Crippen MR) is 90.9 cm³/mol. The predicted octanol–water partition coefficient (Wildman–Crippen LogP) is 0.161. The van der Waals surface area contributed by atoms with Gasteiger partial charge in [0.25, 0.3) is 5.91 Å². The number of nitrogens with zero attached hydrogens (tertiary/aromatic N) is 4. The Labute approximate surface area is 147 Å². The van der Waals surface area contributed by atoms with Gasteiger partial charge in [-0.1, -0.05) is 0 Å². The zero-order valence-corrected chi connectivity index (χ0v) is 15.2. The van der Waals surface area contributed by atoms with Gasteiger partial charge in [-0.05, 0) is 27.2 Å². The molecule has 3 atom stereocenters. The van der Waals surface area contributed by atoms with Crippen LogP contribution in [0.2, 0.25) is 0 Å². The molecule has 3 rings (SSSR count). The summed E-state index contributed by atoms with van der Waals surface area (Å²) in [7, 11) is 0.